The Hall–Kier alpha value is -3.93. The first kappa shape index (κ1) is 22.8. The molecule has 0 radical (unpaired) electrons. The van der Waals surface area contributed by atoms with Crippen molar-refractivity contribution in [3.63, 3.8) is 0 Å². The van der Waals surface area contributed by atoms with Gasteiger partial charge in [-0.3, -0.25) is 14.9 Å². The van der Waals surface area contributed by atoms with E-state index in [4.69, 9.17) is 0 Å². The van der Waals surface area contributed by atoms with Crippen LogP contribution in [0.1, 0.15) is 66.7 Å². The van der Waals surface area contributed by atoms with Gasteiger partial charge in [-0.2, -0.15) is 5.10 Å². The third kappa shape index (κ3) is 5.77. The maximum atomic E-state index is 13.1. The van der Waals surface area contributed by atoms with Crippen LogP contribution < -0.4 is 10.6 Å². The predicted molar refractivity (Wildman–Crippen MR) is 143 cm³/mol. The number of aromatic nitrogens is 3. The van der Waals surface area contributed by atoms with Crippen LogP contribution in [0.5, 0.6) is 0 Å². The highest BCUT2D eigenvalue weighted by molar-refractivity contribution is 6.01. The summed E-state index contributed by atoms with van der Waals surface area (Å²) in [5.74, 6) is -0.0109. The summed E-state index contributed by atoms with van der Waals surface area (Å²) in [5, 5.41) is 15.3. The van der Waals surface area contributed by atoms with Gasteiger partial charge >= 0.3 is 0 Å². The molecule has 0 bridgehead atoms. The summed E-state index contributed by atoms with van der Waals surface area (Å²) in [6, 6.07) is 19.8. The maximum absolute atomic E-state index is 13.1. The standard InChI is InChI=1S/C29H31N5O/c35-29(32-22-11-4-2-1-3-5-12-22)25-13-6-7-14-26(25)31-23-15-17-24-27(33-34-28(24)20-23)18-16-21-10-8-9-19-30-21/h6-10,13-20,22,31H,1-5,11-12H2,(H,32,35)(H,33,34)/b18-16+. The monoisotopic (exact) mass is 465 g/mol. The number of aromatic amines is 1. The van der Waals surface area contributed by atoms with Crippen molar-refractivity contribution in [1.82, 2.24) is 20.5 Å². The van der Waals surface area contributed by atoms with Gasteiger partial charge in [0.15, 0.2) is 0 Å². The van der Waals surface area contributed by atoms with Gasteiger partial charge in [-0.25, -0.2) is 0 Å². The Morgan fingerprint density at radius 3 is 2.54 bits per heavy atom. The summed E-state index contributed by atoms with van der Waals surface area (Å²) in [6.07, 6.45) is 14.0. The second-order valence-electron chi connectivity index (χ2n) is 9.14. The van der Waals surface area contributed by atoms with E-state index in [1.807, 2.05) is 72.8 Å². The van der Waals surface area contributed by atoms with Gasteiger partial charge in [0.05, 0.1) is 28.2 Å². The zero-order valence-corrected chi connectivity index (χ0v) is 19.8. The molecule has 35 heavy (non-hydrogen) atoms. The summed E-state index contributed by atoms with van der Waals surface area (Å²) < 4.78 is 0. The largest absolute Gasteiger partial charge is 0.355 e. The van der Waals surface area contributed by atoms with E-state index in [9.17, 15) is 4.79 Å². The highest BCUT2D eigenvalue weighted by Gasteiger charge is 2.17. The summed E-state index contributed by atoms with van der Waals surface area (Å²) in [6.45, 7) is 0. The van der Waals surface area contributed by atoms with Crippen molar-refractivity contribution in [2.45, 2.75) is 51.0 Å². The lowest BCUT2D eigenvalue weighted by Crippen LogP contribution is -2.35. The van der Waals surface area contributed by atoms with Gasteiger partial charge < -0.3 is 10.6 Å². The minimum absolute atomic E-state index is 0.0109. The van der Waals surface area contributed by atoms with E-state index in [-0.39, 0.29) is 11.9 Å². The molecule has 6 nitrogen and oxygen atoms in total. The average Bonchev–Trinajstić information content (AvgIpc) is 3.27. The van der Waals surface area contributed by atoms with E-state index < -0.39 is 0 Å². The SMILES string of the molecule is O=C(NC1CCCCCCC1)c1ccccc1Nc1ccc2c(/C=C/c3ccccn3)n[nH]c2c1. The van der Waals surface area contributed by atoms with Crippen LogP contribution in [0.25, 0.3) is 23.1 Å². The second-order valence-corrected chi connectivity index (χ2v) is 9.14. The summed E-state index contributed by atoms with van der Waals surface area (Å²) in [4.78, 5) is 17.5. The molecule has 0 aliphatic heterocycles. The lowest BCUT2D eigenvalue weighted by molar-refractivity contribution is 0.0931. The van der Waals surface area contributed by atoms with Gasteiger partial charge in [-0.1, -0.05) is 50.3 Å². The fraction of sp³-hybridized carbons (Fsp3) is 0.276. The number of fused-ring (bicyclic) bond motifs is 1. The van der Waals surface area contributed by atoms with E-state index >= 15 is 0 Å². The molecule has 1 aliphatic rings. The van der Waals surface area contributed by atoms with Crippen molar-refractivity contribution in [2.75, 3.05) is 5.32 Å². The van der Waals surface area contributed by atoms with Gasteiger partial charge in [-0.15, -0.1) is 0 Å². The molecule has 0 spiro atoms. The number of anilines is 2. The molecule has 6 heteroatoms. The van der Waals surface area contributed by atoms with Crippen LogP contribution in [0.4, 0.5) is 11.4 Å². The molecule has 2 aromatic carbocycles. The molecule has 178 valence electrons. The number of carbonyl (C=O) groups is 1. The molecule has 0 saturated heterocycles. The van der Waals surface area contributed by atoms with E-state index in [1.54, 1.807) is 6.20 Å². The number of para-hydroxylation sites is 1. The number of hydrogen-bond donors (Lipinski definition) is 3. The van der Waals surface area contributed by atoms with Crippen molar-refractivity contribution in [1.29, 1.82) is 0 Å². The second kappa shape index (κ2) is 11.0. The van der Waals surface area contributed by atoms with Crippen LogP contribution in [0.3, 0.4) is 0 Å². The quantitative estimate of drug-likeness (QED) is 0.295. The molecule has 2 heterocycles. The van der Waals surface area contributed by atoms with E-state index in [0.717, 1.165) is 46.5 Å². The van der Waals surface area contributed by atoms with Crippen molar-refractivity contribution in [3.8, 4) is 0 Å². The normalized spacial score (nSPS) is 15.1. The molecule has 5 rings (SSSR count). The number of carbonyl (C=O) groups excluding carboxylic acids is 1. The molecule has 3 N–H and O–H groups in total. The number of pyridine rings is 1. The zero-order valence-electron chi connectivity index (χ0n) is 19.8. The molecule has 0 unspecified atom stereocenters. The Kier molecular flexibility index (Phi) is 7.18. The van der Waals surface area contributed by atoms with Gasteiger partial charge in [0.2, 0.25) is 0 Å². The first-order valence-corrected chi connectivity index (χ1v) is 12.5. The molecule has 2 aromatic heterocycles. The highest BCUT2D eigenvalue weighted by atomic mass is 16.1. The van der Waals surface area contributed by atoms with Crippen LogP contribution in [0.15, 0.2) is 66.9 Å². The average molecular weight is 466 g/mol. The minimum atomic E-state index is -0.0109. The van der Waals surface area contributed by atoms with E-state index in [2.05, 4.69) is 25.8 Å². The lowest BCUT2D eigenvalue weighted by atomic mass is 9.96. The van der Waals surface area contributed by atoms with Crippen LogP contribution in [0, 0.1) is 0 Å². The highest BCUT2D eigenvalue weighted by Crippen LogP contribution is 2.26. The topological polar surface area (TPSA) is 82.7 Å². The van der Waals surface area contributed by atoms with E-state index in [0.29, 0.717) is 5.56 Å². The third-order valence-corrected chi connectivity index (χ3v) is 6.58. The molecular weight excluding hydrogens is 434 g/mol. The maximum Gasteiger partial charge on any atom is 0.253 e. The van der Waals surface area contributed by atoms with Crippen LogP contribution in [0.2, 0.25) is 0 Å². The van der Waals surface area contributed by atoms with Gasteiger partial charge in [0.1, 0.15) is 0 Å². The van der Waals surface area contributed by atoms with E-state index in [1.165, 1.54) is 32.1 Å². The van der Waals surface area contributed by atoms with Gasteiger partial charge in [0, 0.05) is 23.3 Å². The van der Waals surface area contributed by atoms with Crippen molar-refractivity contribution in [3.05, 3.63) is 83.8 Å². The summed E-state index contributed by atoms with van der Waals surface area (Å²) in [7, 11) is 0. The number of nitrogens with one attached hydrogen (secondary N) is 3. The molecule has 1 fully saturated rings. The number of H-pyrrole nitrogens is 1. The Bertz CT molecular complexity index is 1300. The summed E-state index contributed by atoms with van der Waals surface area (Å²) in [5.41, 5.74) is 5.02. The molecule has 0 atom stereocenters. The number of hydrogen-bond acceptors (Lipinski definition) is 4. The zero-order chi connectivity index (χ0) is 23.9. The van der Waals surface area contributed by atoms with Crippen LogP contribution >= 0.6 is 0 Å². The third-order valence-electron chi connectivity index (χ3n) is 6.58. The van der Waals surface area contributed by atoms with Crippen LogP contribution in [-0.4, -0.2) is 27.1 Å². The molecule has 1 amide bonds. The number of rotatable bonds is 6. The molecule has 1 aliphatic carbocycles. The number of benzene rings is 2. The number of amides is 1. The van der Waals surface area contributed by atoms with Crippen molar-refractivity contribution in [2.24, 2.45) is 0 Å². The van der Waals surface area contributed by atoms with Crippen molar-refractivity contribution < 1.29 is 4.79 Å². The smallest absolute Gasteiger partial charge is 0.253 e. The van der Waals surface area contributed by atoms with Gasteiger partial charge in [-0.05, 0) is 67.5 Å². The van der Waals surface area contributed by atoms with Crippen molar-refractivity contribution >= 4 is 40.3 Å². The minimum Gasteiger partial charge on any atom is -0.355 e. The molecule has 1 saturated carbocycles. The predicted octanol–water partition coefficient (Wildman–Crippen LogP) is 6.71. The van der Waals surface area contributed by atoms with Gasteiger partial charge in [0.25, 0.3) is 5.91 Å². The first-order chi connectivity index (χ1) is 17.3. The Labute approximate surface area is 205 Å². The summed E-state index contributed by atoms with van der Waals surface area (Å²) >= 11 is 0. The molecular formula is C29H31N5O. The lowest BCUT2D eigenvalue weighted by Gasteiger charge is -2.22. The first-order valence-electron chi connectivity index (χ1n) is 12.5. The fourth-order valence-corrected chi connectivity index (χ4v) is 4.69. The Morgan fingerprint density at radius 2 is 1.71 bits per heavy atom. The molecule has 4 aromatic rings. The Morgan fingerprint density at radius 1 is 0.914 bits per heavy atom. The van der Waals surface area contributed by atoms with Crippen LogP contribution in [-0.2, 0) is 0 Å². The Balaban J connectivity index is 1.31. The fourth-order valence-electron chi connectivity index (χ4n) is 4.69. The number of nitrogens with zero attached hydrogens (tertiary/aromatic N) is 2.